The van der Waals surface area contributed by atoms with E-state index in [0.29, 0.717) is 0 Å². The lowest BCUT2D eigenvalue weighted by molar-refractivity contribution is 0.626. The molecule has 0 saturated heterocycles. The molecule has 0 radical (unpaired) electrons. The van der Waals surface area contributed by atoms with Crippen LogP contribution in [-0.4, -0.2) is 0 Å². The number of nitrogens with one attached hydrogen (secondary N) is 1. The van der Waals surface area contributed by atoms with Gasteiger partial charge in [-0.05, 0) is 57.0 Å². The maximum atomic E-state index is 13.4. The van der Waals surface area contributed by atoms with E-state index in [4.69, 9.17) is 0 Å². The van der Waals surface area contributed by atoms with Crippen LogP contribution in [0.5, 0.6) is 0 Å². The van der Waals surface area contributed by atoms with Crippen molar-refractivity contribution in [3.63, 3.8) is 0 Å². The van der Waals surface area contributed by atoms with E-state index in [1.165, 1.54) is 28.8 Å². The molecular weight excluding hydrogens is 237 g/mol. The van der Waals surface area contributed by atoms with Crippen molar-refractivity contribution in [1.29, 1.82) is 0 Å². The summed E-state index contributed by atoms with van der Waals surface area (Å²) in [4.78, 5) is 0. The molecule has 0 spiro atoms. The lowest BCUT2D eigenvalue weighted by Gasteiger charge is -2.17. The molecule has 0 heterocycles. The summed E-state index contributed by atoms with van der Waals surface area (Å²) in [5, 5.41) is 3.35. The van der Waals surface area contributed by atoms with E-state index in [-0.39, 0.29) is 11.9 Å². The van der Waals surface area contributed by atoms with Crippen LogP contribution >= 0.6 is 0 Å². The number of aryl methyl sites for hydroxylation is 3. The number of hydrogen-bond donors (Lipinski definition) is 1. The first-order valence-electron chi connectivity index (χ1n) is 6.56. The maximum absolute atomic E-state index is 13.4. The van der Waals surface area contributed by atoms with Gasteiger partial charge in [0.05, 0.1) is 0 Å². The lowest BCUT2D eigenvalue weighted by atomic mass is 10.0. The molecule has 0 saturated carbocycles. The molecule has 0 amide bonds. The average molecular weight is 257 g/mol. The quantitative estimate of drug-likeness (QED) is 0.822. The fraction of sp³-hybridized carbons (Fsp3) is 0.294. The second kappa shape index (κ2) is 5.43. The summed E-state index contributed by atoms with van der Waals surface area (Å²) in [6.07, 6.45) is 0. The van der Waals surface area contributed by atoms with Crippen LogP contribution in [0.1, 0.15) is 35.2 Å². The van der Waals surface area contributed by atoms with Crippen molar-refractivity contribution in [3.05, 3.63) is 64.5 Å². The smallest absolute Gasteiger partial charge is 0.125 e. The zero-order chi connectivity index (χ0) is 14.0. The summed E-state index contributed by atoms with van der Waals surface area (Å²) in [6.45, 7) is 8.18. The minimum Gasteiger partial charge on any atom is -0.378 e. The molecule has 0 bridgehead atoms. The van der Waals surface area contributed by atoms with Crippen molar-refractivity contribution in [3.8, 4) is 0 Å². The zero-order valence-corrected chi connectivity index (χ0v) is 11.9. The Hall–Kier alpha value is -1.83. The van der Waals surface area contributed by atoms with Crippen LogP contribution < -0.4 is 5.32 Å². The van der Waals surface area contributed by atoms with E-state index in [2.05, 4.69) is 44.3 Å². The summed E-state index contributed by atoms with van der Waals surface area (Å²) >= 11 is 0. The molecule has 2 aromatic carbocycles. The molecule has 2 aromatic rings. The van der Waals surface area contributed by atoms with Crippen LogP contribution in [0.15, 0.2) is 36.4 Å². The van der Waals surface area contributed by atoms with Crippen molar-refractivity contribution in [2.75, 3.05) is 5.32 Å². The third kappa shape index (κ3) is 3.57. The molecular formula is C17H20FN. The molecule has 1 atom stereocenters. The maximum Gasteiger partial charge on any atom is 0.125 e. The number of benzene rings is 2. The molecule has 0 aliphatic heterocycles. The van der Waals surface area contributed by atoms with E-state index >= 15 is 0 Å². The van der Waals surface area contributed by atoms with Gasteiger partial charge in [0, 0.05) is 11.7 Å². The van der Waals surface area contributed by atoms with Gasteiger partial charge in [-0.2, -0.15) is 0 Å². The first kappa shape index (κ1) is 13.6. The monoisotopic (exact) mass is 257 g/mol. The minimum absolute atomic E-state index is 0.153. The summed E-state index contributed by atoms with van der Waals surface area (Å²) in [5.74, 6) is -0.199. The Bertz CT molecular complexity index is 549. The van der Waals surface area contributed by atoms with Crippen LogP contribution in [-0.2, 0) is 0 Å². The van der Waals surface area contributed by atoms with Crippen molar-refractivity contribution >= 4 is 5.69 Å². The van der Waals surface area contributed by atoms with Gasteiger partial charge in [-0.25, -0.2) is 4.39 Å². The Labute approximate surface area is 114 Å². The molecule has 100 valence electrons. The molecule has 2 heteroatoms. The van der Waals surface area contributed by atoms with Crippen LogP contribution in [0.4, 0.5) is 10.1 Å². The van der Waals surface area contributed by atoms with Gasteiger partial charge < -0.3 is 5.32 Å². The van der Waals surface area contributed by atoms with Crippen molar-refractivity contribution in [1.82, 2.24) is 0 Å². The Balaban J connectivity index is 2.22. The fourth-order valence-corrected chi connectivity index (χ4v) is 2.41. The normalized spacial score (nSPS) is 12.3. The van der Waals surface area contributed by atoms with Crippen LogP contribution in [0.25, 0.3) is 0 Å². The van der Waals surface area contributed by atoms with E-state index in [1.54, 1.807) is 0 Å². The summed E-state index contributed by atoms with van der Waals surface area (Å²) in [7, 11) is 0. The average Bonchev–Trinajstić information content (AvgIpc) is 2.25. The van der Waals surface area contributed by atoms with Gasteiger partial charge in [-0.1, -0.05) is 29.3 Å². The van der Waals surface area contributed by atoms with Crippen molar-refractivity contribution in [2.24, 2.45) is 0 Å². The molecule has 0 aliphatic carbocycles. The third-order valence-electron chi connectivity index (χ3n) is 3.17. The molecule has 0 fully saturated rings. The lowest BCUT2D eigenvalue weighted by Crippen LogP contribution is -2.07. The van der Waals surface area contributed by atoms with E-state index in [1.807, 2.05) is 13.0 Å². The topological polar surface area (TPSA) is 12.0 Å². The van der Waals surface area contributed by atoms with Crippen LogP contribution in [0.3, 0.4) is 0 Å². The van der Waals surface area contributed by atoms with Gasteiger partial charge in [-0.3, -0.25) is 0 Å². The third-order valence-corrected chi connectivity index (χ3v) is 3.17. The molecule has 1 N–H and O–H groups in total. The first-order valence-corrected chi connectivity index (χ1v) is 6.56. The largest absolute Gasteiger partial charge is 0.378 e. The van der Waals surface area contributed by atoms with E-state index in [9.17, 15) is 4.39 Å². The van der Waals surface area contributed by atoms with Crippen molar-refractivity contribution < 1.29 is 4.39 Å². The number of anilines is 1. The van der Waals surface area contributed by atoms with Gasteiger partial charge in [0.1, 0.15) is 5.82 Å². The van der Waals surface area contributed by atoms with Crippen LogP contribution in [0, 0.1) is 26.6 Å². The number of halogens is 1. The van der Waals surface area contributed by atoms with Gasteiger partial charge in [0.15, 0.2) is 0 Å². The molecule has 0 aliphatic rings. The fourth-order valence-electron chi connectivity index (χ4n) is 2.41. The Morgan fingerprint density at radius 3 is 2.00 bits per heavy atom. The Kier molecular flexibility index (Phi) is 3.89. The van der Waals surface area contributed by atoms with Gasteiger partial charge in [0.2, 0.25) is 0 Å². The Morgan fingerprint density at radius 1 is 0.842 bits per heavy atom. The Morgan fingerprint density at radius 2 is 1.42 bits per heavy atom. The first-order chi connectivity index (χ1) is 8.94. The van der Waals surface area contributed by atoms with Gasteiger partial charge >= 0.3 is 0 Å². The predicted molar refractivity (Wildman–Crippen MR) is 79.1 cm³/mol. The zero-order valence-electron chi connectivity index (χ0n) is 11.9. The van der Waals surface area contributed by atoms with E-state index in [0.717, 1.165) is 11.3 Å². The minimum atomic E-state index is -0.199. The highest BCUT2D eigenvalue weighted by molar-refractivity contribution is 5.48. The number of hydrogen-bond acceptors (Lipinski definition) is 1. The molecule has 1 unspecified atom stereocenters. The van der Waals surface area contributed by atoms with E-state index < -0.39 is 0 Å². The van der Waals surface area contributed by atoms with Crippen molar-refractivity contribution in [2.45, 2.75) is 33.7 Å². The highest BCUT2D eigenvalue weighted by Crippen LogP contribution is 2.22. The highest BCUT2D eigenvalue weighted by Gasteiger charge is 2.07. The summed E-state index contributed by atoms with van der Waals surface area (Å²) < 4.78 is 13.4. The number of rotatable bonds is 3. The van der Waals surface area contributed by atoms with Gasteiger partial charge in [-0.15, -0.1) is 0 Å². The molecule has 19 heavy (non-hydrogen) atoms. The molecule has 1 nitrogen and oxygen atoms in total. The standard InChI is InChI=1S/C17H20FN/c1-11-5-12(2)7-15(6-11)14(4)19-17-9-13(3)8-16(18)10-17/h5-10,14,19H,1-4H3. The van der Waals surface area contributed by atoms with Crippen LogP contribution in [0.2, 0.25) is 0 Å². The summed E-state index contributed by atoms with van der Waals surface area (Å²) in [6, 6.07) is 11.7. The van der Waals surface area contributed by atoms with Gasteiger partial charge in [0.25, 0.3) is 0 Å². The molecule has 2 rings (SSSR count). The SMILES string of the molecule is Cc1cc(F)cc(NC(C)c2cc(C)cc(C)c2)c1. The second-order valence-electron chi connectivity index (χ2n) is 5.30. The summed E-state index contributed by atoms with van der Waals surface area (Å²) in [5.41, 5.74) is 5.47. The predicted octanol–water partition coefficient (Wildman–Crippen LogP) is 4.92. The highest BCUT2D eigenvalue weighted by atomic mass is 19.1. The second-order valence-corrected chi connectivity index (χ2v) is 5.30. The molecule has 0 aromatic heterocycles.